The summed E-state index contributed by atoms with van der Waals surface area (Å²) in [5, 5.41) is 0. The molecule has 1 saturated heterocycles. The summed E-state index contributed by atoms with van der Waals surface area (Å²) in [6, 6.07) is 0. The van der Waals surface area contributed by atoms with Gasteiger partial charge >= 0.3 is 11.9 Å². The highest BCUT2D eigenvalue weighted by Crippen LogP contribution is 2.23. The van der Waals surface area contributed by atoms with Gasteiger partial charge in [-0.25, -0.2) is 0 Å². The number of nitrogens with two attached hydrogens (primary N) is 1. The van der Waals surface area contributed by atoms with Crippen molar-refractivity contribution in [2.24, 2.45) is 11.7 Å². The van der Waals surface area contributed by atoms with Gasteiger partial charge in [0.05, 0.1) is 25.7 Å². The van der Waals surface area contributed by atoms with Gasteiger partial charge < -0.3 is 15.2 Å². The van der Waals surface area contributed by atoms with E-state index in [0.29, 0.717) is 19.4 Å². The van der Waals surface area contributed by atoms with Crippen molar-refractivity contribution < 1.29 is 19.1 Å². The Morgan fingerprint density at radius 3 is 2.47 bits per heavy atom. The summed E-state index contributed by atoms with van der Waals surface area (Å²) in [4.78, 5) is 25.0. The van der Waals surface area contributed by atoms with Gasteiger partial charge in [-0.05, 0) is 33.6 Å². The summed E-state index contributed by atoms with van der Waals surface area (Å²) in [6.45, 7) is 6.30. The number of likely N-dealkylation sites (tertiary alicyclic amines) is 1. The predicted octanol–water partition coefficient (Wildman–Crippen LogP) is 0.498. The van der Waals surface area contributed by atoms with E-state index in [0.717, 1.165) is 0 Å². The van der Waals surface area contributed by atoms with Crippen LogP contribution in [0.3, 0.4) is 0 Å². The topological polar surface area (TPSA) is 81.9 Å². The fourth-order valence-corrected chi connectivity index (χ4v) is 2.07. The molecule has 1 heterocycles. The van der Waals surface area contributed by atoms with Crippen LogP contribution in [0.1, 0.15) is 33.6 Å². The first-order chi connectivity index (χ1) is 8.73. The molecule has 2 unspecified atom stereocenters. The Morgan fingerprint density at radius 2 is 2.00 bits per heavy atom. The molecule has 1 aliphatic rings. The van der Waals surface area contributed by atoms with Gasteiger partial charge in [-0.2, -0.15) is 0 Å². The highest BCUT2D eigenvalue weighted by atomic mass is 16.6. The molecule has 19 heavy (non-hydrogen) atoms. The zero-order valence-electron chi connectivity index (χ0n) is 12.1. The molecule has 6 nitrogen and oxygen atoms in total. The van der Waals surface area contributed by atoms with Gasteiger partial charge in [0, 0.05) is 6.54 Å². The van der Waals surface area contributed by atoms with E-state index < -0.39 is 5.60 Å². The van der Waals surface area contributed by atoms with E-state index in [1.54, 1.807) is 0 Å². The first kappa shape index (κ1) is 15.9. The average Bonchev–Trinajstić information content (AvgIpc) is 2.29. The number of methoxy groups -OCH3 is 1. The lowest BCUT2D eigenvalue weighted by molar-refractivity contribution is -0.162. The molecule has 6 heteroatoms. The van der Waals surface area contributed by atoms with Crippen molar-refractivity contribution in [3.63, 3.8) is 0 Å². The minimum Gasteiger partial charge on any atom is -0.468 e. The van der Waals surface area contributed by atoms with Crippen LogP contribution >= 0.6 is 0 Å². The second-order valence-corrected chi connectivity index (χ2v) is 5.87. The molecule has 110 valence electrons. The number of ether oxygens (including phenoxy) is 2. The van der Waals surface area contributed by atoms with Crippen LogP contribution in [0.2, 0.25) is 0 Å². The van der Waals surface area contributed by atoms with Crippen molar-refractivity contribution in [3.05, 3.63) is 0 Å². The number of piperidine rings is 1. The zero-order valence-corrected chi connectivity index (χ0v) is 12.1. The molecule has 0 spiro atoms. The molecule has 0 saturated carbocycles. The molecule has 1 aliphatic heterocycles. The number of carbonyl (C=O) groups excluding carboxylic acids is 2. The number of hydrogen-bond donors (Lipinski definition) is 1. The van der Waals surface area contributed by atoms with Crippen LogP contribution in [0.25, 0.3) is 0 Å². The summed E-state index contributed by atoms with van der Waals surface area (Å²) in [5.41, 5.74) is 5.50. The third kappa shape index (κ3) is 5.16. The van der Waals surface area contributed by atoms with Crippen LogP contribution < -0.4 is 5.73 Å². The highest BCUT2D eigenvalue weighted by molar-refractivity contribution is 5.73. The molecule has 0 aromatic rings. The first-order valence-electron chi connectivity index (χ1n) is 6.52. The molecular weight excluding hydrogens is 248 g/mol. The zero-order chi connectivity index (χ0) is 14.6. The molecule has 0 aliphatic carbocycles. The Balaban J connectivity index is 2.49. The summed E-state index contributed by atoms with van der Waals surface area (Å²) >= 11 is 0. The smallest absolute Gasteiger partial charge is 0.319 e. The molecule has 2 atom stereocenters. The third-order valence-corrected chi connectivity index (χ3v) is 3.06. The fourth-order valence-electron chi connectivity index (χ4n) is 2.07. The van der Waals surface area contributed by atoms with Crippen molar-refractivity contribution in [2.75, 3.05) is 20.2 Å². The lowest BCUT2D eigenvalue weighted by Gasteiger charge is -2.36. The Kier molecular flexibility index (Phi) is 5.31. The van der Waals surface area contributed by atoms with E-state index in [-0.39, 0.29) is 30.6 Å². The standard InChI is InChI=1S/C13H24N2O4/c1-13(2,3)19-12(17)9-5-6-15(10(14)7-9)8-11(16)18-4/h9-10H,5-8,14H2,1-4H3. The predicted molar refractivity (Wildman–Crippen MR) is 70.1 cm³/mol. The van der Waals surface area contributed by atoms with Gasteiger partial charge in [-0.15, -0.1) is 0 Å². The second-order valence-electron chi connectivity index (χ2n) is 5.87. The minimum absolute atomic E-state index is 0.165. The van der Waals surface area contributed by atoms with Crippen molar-refractivity contribution in [2.45, 2.75) is 45.4 Å². The average molecular weight is 272 g/mol. The van der Waals surface area contributed by atoms with E-state index in [1.807, 2.05) is 25.7 Å². The number of esters is 2. The molecule has 0 bridgehead atoms. The Hall–Kier alpha value is -1.14. The van der Waals surface area contributed by atoms with Gasteiger partial charge in [0.15, 0.2) is 0 Å². The van der Waals surface area contributed by atoms with Crippen LogP contribution in [0.15, 0.2) is 0 Å². The van der Waals surface area contributed by atoms with Gasteiger partial charge in [0.2, 0.25) is 0 Å². The van der Waals surface area contributed by atoms with Gasteiger partial charge in [-0.3, -0.25) is 14.5 Å². The quantitative estimate of drug-likeness (QED) is 0.753. The number of carbonyl (C=O) groups is 2. The maximum Gasteiger partial charge on any atom is 0.319 e. The maximum atomic E-state index is 12.0. The van der Waals surface area contributed by atoms with Crippen LogP contribution in [0.5, 0.6) is 0 Å². The molecule has 1 rings (SSSR count). The molecule has 1 fully saturated rings. The summed E-state index contributed by atoms with van der Waals surface area (Å²) in [5.74, 6) is -0.713. The molecule has 0 amide bonds. The van der Waals surface area contributed by atoms with Crippen LogP contribution in [-0.2, 0) is 19.1 Å². The molecular formula is C13H24N2O4. The van der Waals surface area contributed by atoms with E-state index >= 15 is 0 Å². The summed E-state index contributed by atoms with van der Waals surface area (Å²) < 4.78 is 9.97. The van der Waals surface area contributed by atoms with Crippen molar-refractivity contribution in [1.82, 2.24) is 4.90 Å². The van der Waals surface area contributed by atoms with Crippen molar-refractivity contribution in [3.8, 4) is 0 Å². The number of hydrogen-bond acceptors (Lipinski definition) is 6. The lowest BCUT2D eigenvalue weighted by atomic mass is 9.94. The normalized spacial score (nSPS) is 24.9. The molecule has 0 radical (unpaired) electrons. The van der Waals surface area contributed by atoms with E-state index in [4.69, 9.17) is 10.5 Å². The SMILES string of the molecule is COC(=O)CN1CCC(C(=O)OC(C)(C)C)CC1N. The van der Waals surface area contributed by atoms with E-state index in [9.17, 15) is 9.59 Å². The van der Waals surface area contributed by atoms with Gasteiger partial charge in [-0.1, -0.05) is 0 Å². The van der Waals surface area contributed by atoms with E-state index in [2.05, 4.69) is 4.74 Å². The van der Waals surface area contributed by atoms with E-state index in [1.165, 1.54) is 7.11 Å². The number of nitrogens with zero attached hydrogens (tertiary/aromatic N) is 1. The molecule has 0 aromatic carbocycles. The van der Waals surface area contributed by atoms with Crippen LogP contribution in [0, 0.1) is 5.92 Å². The molecule has 2 N–H and O–H groups in total. The monoisotopic (exact) mass is 272 g/mol. The van der Waals surface area contributed by atoms with Crippen LogP contribution in [-0.4, -0.2) is 48.8 Å². The fraction of sp³-hybridized carbons (Fsp3) is 0.846. The van der Waals surface area contributed by atoms with Crippen molar-refractivity contribution >= 4 is 11.9 Å². The number of rotatable bonds is 3. The Morgan fingerprint density at radius 1 is 1.37 bits per heavy atom. The summed E-state index contributed by atoms with van der Waals surface area (Å²) in [6.07, 6.45) is 0.844. The first-order valence-corrected chi connectivity index (χ1v) is 6.52. The lowest BCUT2D eigenvalue weighted by Crippen LogP contribution is -2.51. The van der Waals surface area contributed by atoms with Gasteiger partial charge in [0.25, 0.3) is 0 Å². The highest BCUT2D eigenvalue weighted by Gasteiger charge is 2.33. The minimum atomic E-state index is -0.482. The Bertz CT molecular complexity index is 338. The van der Waals surface area contributed by atoms with Crippen molar-refractivity contribution in [1.29, 1.82) is 0 Å². The summed E-state index contributed by atoms with van der Waals surface area (Å²) in [7, 11) is 1.35. The largest absolute Gasteiger partial charge is 0.468 e. The Labute approximate surface area is 114 Å². The van der Waals surface area contributed by atoms with Crippen LogP contribution in [0.4, 0.5) is 0 Å². The van der Waals surface area contributed by atoms with Gasteiger partial charge in [0.1, 0.15) is 5.60 Å². The second kappa shape index (κ2) is 6.34. The third-order valence-electron chi connectivity index (χ3n) is 3.06. The molecule has 0 aromatic heterocycles. The maximum absolute atomic E-state index is 12.0.